The Morgan fingerprint density at radius 3 is 2.76 bits per heavy atom. The zero-order valence-corrected chi connectivity index (χ0v) is 10.9. The van der Waals surface area contributed by atoms with Crippen LogP contribution in [0.4, 0.5) is 0 Å². The molecule has 0 radical (unpaired) electrons. The Morgan fingerprint density at radius 2 is 2.06 bits per heavy atom. The first-order valence-corrected chi connectivity index (χ1v) is 6.57. The minimum Gasteiger partial charge on any atom is -0.480 e. The fourth-order valence-corrected chi connectivity index (χ4v) is 2.88. The zero-order valence-electron chi connectivity index (χ0n) is 10.1. The van der Waals surface area contributed by atoms with Crippen molar-refractivity contribution < 1.29 is 9.90 Å². The third kappa shape index (κ3) is 2.60. The SMILES string of the molecule is CC(C)(Sc1ncnc2c1CCCC2)C(=O)O. The Labute approximate surface area is 105 Å². The van der Waals surface area contributed by atoms with Crippen LogP contribution in [0.1, 0.15) is 37.9 Å². The van der Waals surface area contributed by atoms with Gasteiger partial charge in [-0.25, -0.2) is 9.97 Å². The fourth-order valence-electron chi connectivity index (χ4n) is 1.86. The first kappa shape index (κ1) is 12.4. The maximum Gasteiger partial charge on any atom is 0.319 e. The summed E-state index contributed by atoms with van der Waals surface area (Å²) in [5.41, 5.74) is 2.24. The molecule has 0 aliphatic heterocycles. The Morgan fingerprint density at radius 1 is 1.35 bits per heavy atom. The van der Waals surface area contributed by atoms with Crippen LogP contribution in [0.15, 0.2) is 11.4 Å². The van der Waals surface area contributed by atoms with Gasteiger partial charge in [-0.1, -0.05) is 11.8 Å². The maximum absolute atomic E-state index is 11.1. The molecule has 0 atom stereocenters. The zero-order chi connectivity index (χ0) is 12.5. The molecule has 0 saturated carbocycles. The number of rotatable bonds is 3. The van der Waals surface area contributed by atoms with Crippen LogP contribution in [-0.4, -0.2) is 25.8 Å². The Hall–Kier alpha value is -1.10. The topological polar surface area (TPSA) is 63.1 Å². The molecule has 0 fully saturated rings. The van der Waals surface area contributed by atoms with Gasteiger partial charge in [0.25, 0.3) is 0 Å². The number of hydrogen-bond acceptors (Lipinski definition) is 4. The van der Waals surface area contributed by atoms with E-state index in [9.17, 15) is 4.79 Å². The summed E-state index contributed by atoms with van der Waals surface area (Å²) in [6.07, 6.45) is 5.80. The molecule has 1 N–H and O–H groups in total. The monoisotopic (exact) mass is 252 g/mol. The van der Waals surface area contributed by atoms with E-state index in [4.69, 9.17) is 5.11 Å². The summed E-state index contributed by atoms with van der Waals surface area (Å²) in [5.74, 6) is -0.814. The quantitative estimate of drug-likeness (QED) is 0.660. The third-order valence-electron chi connectivity index (χ3n) is 2.95. The summed E-state index contributed by atoms with van der Waals surface area (Å²) >= 11 is 1.32. The van der Waals surface area contributed by atoms with Crippen molar-refractivity contribution >= 4 is 17.7 Å². The van der Waals surface area contributed by atoms with E-state index in [0.717, 1.165) is 42.0 Å². The van der Waals surface area contributed by atoms with Gasteiger partial charge in [0.2, 0.25) is 0 Å². The van der Waals surface area contributed by atoms with Gasteiger partial charge in [0, 0.05) is 11.3 Å². The Bertz CT molecular complexity index is 446. The number of carbonyl (C=O) groups is 1. The van der Waals surface area contributed by atoms with Crippen LogP contribution in [0, 0.1) is 0 Å². The lowest BCUT2D eigenvalue weighted by Gasteiger charge is -2.22. The van der Waals surface area contributed by atoms with Gasteiger partial charge in [-0.3, -0.25) is 4.79 Å². The van der Waals surface area contributed by atoms with Gasteiger partial charge in [0.1, 0.15) is 16.1 Å². The summed E-state index contributed by atoms with van der Waals surface area (Å²) in [4.78, 5) is 19.7. The highest BCUT2D eigenvalue weighted by molar-refractivity contribution is 8.01. The van der Waals surface area contributed by atoms with Gasteiger partial charge in [0.05, 0.1) is 0 Å². The summed E-state index contributed by atoms with van der Waals surface area (Å²) in [7, 11) is 0. The lowest BCUT2D eigenvalue weighted by molar-refractivity contribution is -0.138. The molecule has 1 aromatic heterocycles. The lowest BCUT2D eigenvalue weighted by atomic mass is 9.98. The highest BCUT2D eigenvalue weighted by atomic mass is 32.2. The predicted molar refractivity (Wildman–Crippen MR) is 66.2 cm³/mol. The standard InChI is InChI=1S/C12H16N2O2S/c1-12(2,11(15)16)17-10-8-5-3-4-6-9(8)13-7-14-10/h7H,3-6H2,1-2H3,(H,15,16). The van der Waals surface area contributed by atoms with Crippen LogP contribution in [-0.2, 0) is 17.6 Å². The molecule has 92 valence electrons. The first-order valence-electron chi connectivity index (χ1n) is 5.76. The smallest absolute Gasteiger partial charge is 0.319 e. The van der Waals surface area contributed by atoms with Crippen LogP contribution >= 0.6 is 11.8 Å². The number of nitrogens with zero attached hydrogens (tertiary/aromatic N) is 2. The summed E-state index contributed by atoms with van der Waals surface area (Å²) < 4.78 is -0.848. The number of carboxylic acid groups (broad SMARTS) is 1. The summed E-state index contributed by atoms with van der Waals surface area (Å²) in [6, 6.07) is 0. The predicted octanol–water partition coefficient (Wildman–Crippen LogP) is 2.31. The number of aliphatic carboxylic acids is 1. The van der Waals surface area contributed by atoms with E-state index in [-0.39, 0.29) is 0 Å². The molecule has 0 spiro atoms. The number of thioether (sulfide) groups is 1. The molecule has 0 aromatic carbocycles. The van der Waals surface area contributed by atoms with Crippen molar-refractivity contribution in [2.45, 2.75) is 49.3 Å². The van der Waals surface area contributed by atoms with E-state index in [1.807, 2.05) is 0 Å². The molecule has 1 aliphatic rings. The van der Waals surface area contributed by atoms with Gasteiger partial charge in [-0.2, -0.15) is 0 Å². The van der Waals surface area contributed by atoms with Crippen molar-refractivity contribution in [1.82, 2.24) is 9.97 Å². The minimum atomic E-state index is -0.848. The second kappa shape index (κ2) is 4.64. The largest absolute Gasteiger partial charge is 0.480 e. The second-order valence-electron chi connectivity index (χ2n) is 4.73. The number of aromatic nitrogens is 2. The fraction of sp³-hybridized carbons (Fsp3) is 0.583. The van der Waals surface area contributed by atoms with Gasteiger partial charge in [0.15, 0.2) is 0 Å². The van der Waals surface area contributed by atoms with E-state index in [2.05, 4.69) is 9.97 Å². The van der Waals surface area contributed by atoms with Crippen molar-refractivity contribution in [2.24, 2.45) is 0 Å². The van der Waals surface area contributed by atoms with Crippen molar-refractivity contribution in [2.75, 3.05) is 0 Å². The highest BCUT2D eigenvalue weighted by Crippen LogP contribution is 2.36. The van der Waals surface area contributed by atoms with Crippen LogP contribution in [0.25, 0.3) is 0 Å². The molecule has 2 rings (SSSR count). The van der Waals surface area contributed by atoms with Crippen molar-refractivity contribution in [3.63, 3.8) is 0 Å². The molecule has 1 heterocycles. The van der Waals surface area contributed by atoms with E-state index in [0.29, 0.717) is 0 Å². The average Bonchev–Trinajstić information content (AvgIpc) is 2.29. The Kier molecular flexibility index (Phi) is 3.38. The van der Waals surface area contributed by atoms with E-state index in [1.54, 1.807) is 20.2 Å². The van der Waals surface area contributed by atoms with Crippen LogP contribution in [0.2, 0.25) is 0 Å². The van der Waals surface area contributed by atoms with Gasteiger partial charge in [-0.05, 0) is 39.5 Å². The molecule has 0 unspecified atom stereocenters. The molecule has 17 heavy (non-hydrogen) atoms. The van der Waals surface area contributed by atoms with Gasteiger partial charge < -0.3 is 5.11 Å². The van der Waals surface area contributed by atoms with Crippen LogP contribution in [0.3, 0.4) is 0 Å². The van der Waals surface area contributed by atoms with Crippen molar-refractivity contribution in [1.29, 1.82) is 0 Å². The maximum atomic E-state index is 11.1. The number of fused-ring (bicyclic) bond motifs is 1. The molecule has 1 aliphatic carbocycles. The first-order chi connectivity index (χ1) is 8.00. The van der Waals surface area contributed by atoms with E-state index < -0.39 is 10.7 Å². The molecule has 0 bridgehead atoms. The molecule has 1 aromatic rings. The minimum absolute atomic E-state index is 0.814. The second-order valence-corrected chi connectivity index (χ2v) is 6.34. The molecule has 4 nitrogen and oxygen atoms in total. The lowest BCUT2D eigenvalue weighted by Crippen LogP contribution is -2.27. The van der Waals surface area contributed by atoms with E-state index in [1.165, 1.54) is 11.8 Å². The average molecular weight is 252 g/mol. The number of aryl methyl sites for hydroxylation is 1. The molecular weight excluding hydrogens is 236 g/mol. The van der Waals surface area contributed by atoms with E-state index >= 15 is 0 Å². The summed E-state index contributed by atoms with van der Waals surface area (Å²) in [6.45, 7) is 3.41. The van der Waals surface area contributed by atoms with Gasteiger partial charge >= 0.3 is 5.97 Å². The number of carboxylic acids is 1. The van der Waals surface area contributed by atoms with Crippen molar-refractivity contribution in [3.8, 4) is 0 Å². The van der Waals surface area contributed by atoms with Gasteiger partial charge in [-0.15, -0.1) is 0 Å². The Balaban J connectivity index is 2.30. The van der Waals surface area contributed by atoms with Crippen molar-refractivity contribution in [3.05, 3.63) is 17.6 Å². The molecule has 0 amide bonds. The van der Waals surface area contributed by atoms with Crippen LogP contribution in [0.5, 0.6) is 0 Å². The molecular formula is C12H16N2O2S. The normalized spacial score (nSPS) is 15.4. The third-order valence-corrected chi connectivity index (χ3v) is 4.18. The molecule has 0 saturated heterocycles. The van der Waals surface area contributed by atoms with Crippen LogP contribution < -0.4 is 0 Å². The number of hydrogen-bond donors (Lipinski definition) is 1. The summed E-state index contributed by atoms with van der Waals surface area (Å²) in [5, 5.41) is 9.98. The molecule has 5 heteroatoms. The highest BCUT2D eigenvalue weighted by Gasteiger charge is 2.31.